The predicted molar refractivity (Wildman–Crippen MR) is 101 cm³/mol. The molecule has 1 aromatic rings. The first-order chi connectivity index (χ1) is 12.6. The van der Waals surface area contributed by atoms with E-state index in [-0.39, 0.29) is 11.9 Å². The van der Waals surface area contributed by atoms with Crippen LogP contribution in [0.2, 0.25) is 0 Å². The molecule has 0 radical (unpaired) electrons. The van der Waals surface area contributed by atoms with E-state index in [0.717, 1.165) is 12.8 Å². The Kier molecular flexibility index (Phi) is 7.08. The molecule has 0 N–H and O–H groups in total. The molecule has 1 fully saturated rings. The van der Waals surface area contributed by atoms with Crippen molar-refractivity contribution in [2.45, 2.75) is 55.9 Å². The zero-order valence-corrected chi connectivity index (χ0v) is 16.9. The van der Waals surface area contributed by atoms with Gasteiger partial charge in [-0.1, -0.05) is 11.8 Å². The number of carbonyl (C=O) groups is 2. The van der Waals surface area contributed by atoms with Crippen molar-refractivity contribution in [3.05, 3.63) is 29.8 Å². The highest BCUT2D eigenvalue weighted by molar-refractivity contribution is 7.99. The maximum atomic E-state index is 12.8. The Bertz CT molecular complexity index is 662. The van der Waals surface area contributed by atoms with Crippen molar-refractivity contribution >= 4 is 23.8 Å². The summed E-state index contributed by atoms with van der Waals surface area (Å²) in [5, 5.41) is 0. The lowest BCUT2D eigenvalue weighted by Gasteiger charge is -2.30. The van der Waals surface area contributed by atoms with Gasteiger partial charge in [-0.3, -0.25) is 4.79 Å². The van der Waals surface area contributed by atoms with Crippen molar-refractivity contribution in [2.75, 3.05) is 20.1 Å². The first kappa shape index (κ1) is 21.5. The average molecular weight is 400 g/mol. The summed E-state index contributed by atoms with van der Waals surface area (Å²) in [6.45, 7) is 6.42. The number of hydrogen-bond donors (Lipinski definition) is 0. The fourth-order valence-corrected chi connectivity index (χ4v) is 3.47. The van der Waals surface area contributed by atoms with Crippen LogP contribution in [-0.2, 0) is 4.74 Å². The number of halogens is 2. The number of benzene rings is 1. The van der Waals surface area contributed by atoms with Gasteiger partial charge in [0.1, 0.15) is 5.60 Å². The third-order valence-electron chi connectivity index (χ3n) is 4.15. The number of hydrogen-bond acceptors (Lipinski definition) is 4. The SMILES string of the molecule is CN(C[C@@H]1CCCN1C(=O)c1ccc(SC(F)F)cc1)C(=O)OC(C)(C)C. The number of ether oxygens (including phenoxy) is 1. The molecule has 0 aromatic heterocycles. The molecule has 1 aliphatic heterocycles. The van der Waals surface area contributed by atoms with E-state index < -0.39 is 17.5 Å². The summed E-state index contributed by atoms with van der Waals surface area (Å²) in [5.41, 5.74) is -0.116. The third kappa shape index (κ3) is 6.37. The number of amides is 2. The summed E-state index contributed by atoms with van der Waals surface area (Å²) in [7, 11) is 1.66. The van der Waals surface area contributed by atoms with Crippen molar-refractivity contribution < 1.29 is 23.1 Å². The number of carbonyl (C=O) groups excluding carboxylic acids is 2. The maximum absolute atomic E-state index is 12.8. The van der Waals surface area contributed by atoms with Crippen molar-refractivity contribution in [2.24, 2.45) is 0 Å². The summed E-state index contributed by atoms with van der Waals surface area (Å²) >= 11 is 0.451. The van der Waals surface area contributed by atoms with Crippen LogP contribution in [0.4, 0.5) is 13.6 Å². The quantitative estimate of drug-likeness (QED) is 0.684. The van der Waals surface area contributed by atoms with E-state index in [1.807, 2.05) is 0 Å². The summed E-state index contributed by atoms with van der Waals surface area (Å²) in [6.07, 6.45) is 1.24. The Labute approximate surface area is 163 Å². The molecule has 150 valence electrons. The third-order valence-corrected chi connectivity index (χ3v) is 4.88. The zero-order valence-electron chi connectivity index (χ0n) is 16.1. The largest absolute Gasteiger partial charge is 0.444 e. The Morgan fingerprint density at radius 3 is 2.48 bits per heavy atom. The van der Waals surface area contributed by atoms with Crippen LogP contribution < -0.4 is 0 Å². The van der Waals surface area contributed by atoms with Crippen LogP contribution in [0.25, 0.3) is 0 Å². The summed E-state index contributed by atoms with van der Waals surface area (Å²) in [4.78, 5) is 28.6. The van der Waals surface area contributed by atoms with E-state index >= 15 is 0 Å². The Morgan fingerprint density at radius 1 is 1.30 bits per heavy atom. The minimum absolute atomic E-state index is 0.0925. The van der Waals surface area contributed by atoms with Crippen LogP contribution >= 0.6 is 11.8 Å². The summed E-state index contributed by atoms with van der Waals surface area (Å²) in [6, 6.07) is 6.11. The van der Waals surface area contributed by atoms with Crippen LogP contribution in [0, 0.1) is 0 Å². The number of likely N-dealkylation sites (tertiary alicyclic amines) is 1. The number of thioether (sulfide) groups is 1. The molecule has 1 aliphatic rings. The topological polar surface area (TPSA) is 49.9 Å². The molecule has 0 saturated carbocycles. The highest BCUT2D eigenvalue weighted by Gasteiger charge is 2.32. The molecular formula is C19H26F2N2O3S. The second-order valence-corrected chi connectivity index (χ2v) is 8.62. The zero-order chi connectivity index (χ0) is 20.2. The van der Waals surface area contributed by atoms with Gasteiger partial charge in [0, 0.05) is 36.6 Å². The Hall–Kier alpha value is -1.83. The van der Waals surface area contributed by atoms with Crippen LogP contribution in [0.3, 0.4) is 0 Å². The fraction of sp³-hybridized carbons (Fsp3) is 0.579. The van der Waals surface area contributed by atoms with E-state index in [1.165, 1.54) is 17.0 Å². The monoisotopic (exact) mass is 400 g/mol. The lowest BCUT2D eigenvalue weighted by molar-refractivity contribution is 0.0252. The highest BCUT2D eigenvalue weighted by atomic mass is 32.2. The molecule has 0 aliphatic carbocycles. The van der Waals surface area contributed by atoms with Gasteiger partial charge in [-0.25, -0.2) is 4.79 Å². The molecule has 5 nitrogen and oxygen atoms in total. The van der Waals surface area contributed by atoms with Gasteiger partial charge < -0.3 is 14.5 Å². The Morgan fingerprint density at radius 2 is 1.93 bits per heavy atom. The fourth-order valence-electron chi connectivity index (χ4n) is 2.97. The van der Waals surface area contributed by atoms with Crippen molar-refractivity contribution in [1.82, 2.24) is 9.80 Å². The molecule has 0 unspecified atom stereocenters. The number of rotatable bonds is 5. The van der Waals surface area contributed by atoms with Crippen molar-refractivity contribution in [1.29, 1.82) is 0 Å². The van der Waals surface area contributed by atoms with Crippen LogP contribution in [0.15, 0.2) is 29.2 Å². The van der Waals surface area contributed by atoms with E-state index in [4.69, 9.17) is 4.74 Å². The second-order valence-electron chi connectivity index (χ2n) is 7.56. The van der Waals surface area contributed by atoms with Gasteiger partial charge in [0.2, 0.25) is 0 Å². The molecule has 0 spiro atoms. The number of alkyl halides is 2. The molecule has 27 heavy (non-hydrogen) atoms. The van der Waals surface area contributed by atoms with Crippen LogP contribution in [0.5, 0.6) is 0 Å². The van der Waals surface area contributed by atoms with E-state index in [2.05, 4.69) is 0 Å². The molecule has 8 heteroatoms. The normalized spacial score (nSPS) is 17.3. The Balaban J connectivity index is 2.00. The molecule has 0 bridgehead atoms. The van der Waals surface area contributed by atoms with Gasteiger partial charge in [-0.2, -0.15) is 8.78 Å². The van der Waals surface area contributed by atoms with Crippen molar-refractivity contribution in [3.63, 3.8) is 0 Å². The summed E-state index contributed by atoms with van der Waals surface area (Å²) < 4.78 is 30.2. The highest BCUT2D eigenvalue weighted by Crippen LogP contribution is 2.26. The maximum Gasteiger partial charge on any atom is 0.410 e. The van der Waals surface area contributed by atoms with Gasteiger partial charge in [-0.05, 0) is 57.9 Å². The van der Waals surface area contributed by atoms with Gasteiger partial charge in [0.25, 0.3) is 11.7 Å². The van der Waals surface area contributed by atoms with Gasteiger partial charge in [0.05, 0.1) is 0 Å². The lowest BCUT2D eigenvalue weighted by Crippen LogP contribution is -2.45. The van der Waals surface area contributed by atoms with Crippen molar-refractivity contribution in [3.8, 4) is 0 Å². The predicted octanol–water partition coefficient (Wildman–Crippen LogP) is 4.47. The van der Waals surface area contributed by atoms with Crippen LogP contribution in [0.1, 0.15) is 44.0 Å². The molecular weight excluding hydrogens is 374 g/mol. The molecule has 1 heterocycles. The van der Waals surface area contributed by atoms with Gasteiger partial charge >= 0.3 is 6.09 Å². The summed E-state index contributed by atoms with van der Waals surface area (Å²) in [5.74, 6) is -2.64. The smallest absolute Gasteiger partial charge is 0.410 e. The van der Waals surface area contributed by atoms with E-state index in [9.17, 15) is 18.4 Å². The molecule has 1 saturated heterocycles. The standard InChI is InChI=1S/C19H26F2N2O3S/c1-19(2,3)26-18(25)22(4)12-14-6-5-11-23(14)16(24)13-7-9-15(10-8-13)27-17(20)21/h7-10,14,17H,5-6,11-12H2,1-4H3/t14-/m0/s1. The average Bonchev–Trinajstić information content (AvgIpc) is 3.00. The molecule has 2 amide bonds. The first-order valence-corrected chi connectivity index (χ1v) is 9.75. The molecule has 1 aromatic carbocycles. The number of nitrogens with zero attached hydrogens (tertiary/aromatic N) is 2. The molecule has 2 rings (SSSR count). The van der Waals surface area contributed by atoms with Gasteiger partial charge in [-0.15, -0.1) is 0 Å². The van der Waals surface area contributed by atoms with Crippen LogP contribution in [-0.4, -0.2) is 59.3 Å². The van der Waals surface area contributed by atoms with E-state index in [1.54, 1.807) is 44.9 Å². The lowest BCUT2D eigenvalue weighted by atomic mass is 10.1. The minimum atomic E-state index is -2.49. The minimum Gasteiger partial charge on any atom is -0.444 e. The second kappa shape index (κ2) is 8.91. The van der Waals surface area contributed by atoms with Gasteiger partial charge in [0.15, 0.2) is 0 Å². The first-order valence-electron chi connectivity index (χ1n) is 8.87. The molecule has 1 atom stereocenters. The number of likely N-dealkylation sites (N-methyl/N-ethyl adjacent to an activating group) is 1. The van der Waals surface area contributed by atoms with E-state index in [0.29, 0.717) is 35.3 Å².